The molecule has 8 nitrogen and oxygen atoms in total. The second-order valence-electron chi connectivity index (χ2n) is 4.75. The fraction of sp³-hybridized carbons (Fsp3) is 0.429. The maximum Gasteiger partial charge on any atom is 0.293 e. The number of nitrogens with zero attached hydrogens (tertiary/aromatic N) is 3. The smallest absolute Gasteiger partial charge is 0.293 e. The van der Waals surface area contributed by atoms with Gasteiger partial charge in [-0.1, -0.05) is 0 Å². The Balaban J connectivity index is 3.07. The van der Waals surface area contributed by atoms with Crippen molar-refractivity contribution in [2.24, 2.45) is 5.73 Å². The molecule has 0 unspecified atom stereocenters. The van der Waals surface area contributed by atoms with Gasteiger partial charge in [-0.05, 0) is 26.0 Å². The van der Waals surface area contributed by atoms with Crippen molar-refractivity contribution < 1.29 is 14.5 Å². The molecular weight excluding hydrogens is 288 g/mol. The van der Waals surface area contributed by atoms with Crippen LogP contribution in [0.5, 0.6) is 0 Å². The van der Waals surface area contributed by atoms with E-state index in [0.717, 1.165) is 6.07 Å². The van der Waals surface area contributed by atoms with E-state index >= 15 is 0 Å². The van der Waals surface area contributed by atoms with E-state index in [-0.39, 0.29) is 29.4 Å². The number of nitro groups is 1. The lowest BCUT2D eigenvalue weighted by Gasteiger charge is -2.24. The zero-order valence-electron chi connectivity index (χ0n) is 12.9. The molecule has 0 aliphatic carbocycles. The molecule has 0 saturated carbocycles. The number of rotatable bonds is 7. The third-order valence-electron chi connectivity index (χ3n) is 3.36. The topological polar surface area (TPSA) is 110 Å². The molecule has 0 saturated heterocycles. The molecule has 0 bridgehead atoms. The van der Waals surface area contributed by atoms with Crippen LogP contribution < -0.4 is 10.6 Å². The summed E-state index contributed by atoms with van der Waals surface area (Å²) in [6.45, 7) is 4.90. The Morgan fingerprint density at radius 2 is 1.86 bits per heavy atom. The van der Waals surface area contributed by atoms with Crippen LogP contribution in [0.25, 0.3) is 0 Å². The number of carbonyl (C=O) groups excluding carboxylic acids is 2. The number of benzene rings is 1. The molecule has 1 aromatic carbocycles. The Morgan fingerprint density at radius 1 is 1.27 bits per heavy atom. The molecule has 0 heterocycles. The largest absolute Gasteiger partial charge is 0.366 e. The van der Waals surface area contributed by atoms with E-state index in [4.69, 9.17) is 5.73 Å². The highest BCUT2D eigenvalue weighted by Gasteiger charge is 2.21. The van der Waals surface area contributed by atoms with Crippen molar-refractivity contribution in [3.8, 4) is 0 Å². The average molecular weight is 308 g/mol. The lowest BCUT2D eigenvalue weighted by Crippen LogP contribution is -2.39. The predicted molar refractivity (Wildman–Crippen MR) is 82.8 cm³/mol. The summed E-state index contributed by atoms with van der Waals surface area (Å²) in [5.74, 6) is -0.864. The maximum absolute atomic E-state index is 12.1. The van der Waals surface area contributed by atoms with E-state index in [2.05, 4.69) is 0 Å². The van der Waals surface area contributed by atoms with Gasteiger partial charge < -0.3 is 15.5 Å². The molecule has 0 aromatic heterocycles. The van der Waals surface area contributed by atoms with Gasteiger partial charge in [0.2, 0.25) is 11.8 Å². The molecule has 2 N–H and O–H groups in total. The Morgan fingerprint density at radius 3 is 2.32 bits per heavy atom. The number of nitrogens with two attached hydrogens (primary N) is 1. The third-order valence-corrected chi connectivity index (χ3v) is 3.36. The monoisotopic (exact) mass is 308 g/mol. The first kappa shape index (κ1) is 17.4. The van der Waals surface area contributed by atoms with Crippen molar-refractivity contribution in [3.63, 3.8) is 0 Å². The van der Waals surface area contributed by atoms with E-state index in [1.165, 1.54) is 17.0 Å². The van der Waals surface area contributed by atoms with Crippen LogP contribution in [0.4, 0.5) is 11.4 Å². The Bertz CT molecular complexity index is 584. The Hall–Kier alpha value is -2.64. The number of hydrogen-bond donors (Lipinski definition) is 1. The summed E-state index contributed by atoms with van der Waals surface area (Å²) in [7, 11) is 1.59. The van der Waals surface area contributed by atoms with Crippen LogP contribution in [0.2, 0.25) is 0 Å². The highest BCUT2D eigenvalue weighted by Crippen LogP contribution is 2.28. The molecule has 120 valence electrons. The zero-order chi connectivity index (χ0) is 16.9. The minimum atomic E-state index is -0.739. The number of likely N-dealkylation sites (N-methyl/N-ethyl adjacent to an activating group) is 2. The van der Waals surface area contributed by atoms with Gasteiger partial charge in [0, 0.05) is 31.8 Å². The molecule has 0 aliphatic heterocycles. The van der Waals surface area contributed by atoms with Crippen LogP contribution in [0.1, 0.15) is 24.2 Å². The summed E-state index contributed by atoms with van der Waals surface area (Å²) in [6, 6.07) is 3.95. The fourth-order valence-corrected chi connectivity index (χ4v) is 2.11. The van der Waals surface area contributed by atoms with Crippen LogP contribution in [0.3, 0.4) is 0 Å². The quantitative estimate of drug-likeness (QED) is 0.597. The van der Waals surface area contributed by atoms with E-state index in [0.29, 0.717) is 13.1 Å². The van der Waals surface area contributed by atoms with E-state index in [9.17, 15) is 19.7 Å². The summed E-state index contributed by atoms with van der Waals surface area (Å²) in [6.07, 6.45) is 0. The van der Waals surface area contributed by atoms with Crippen LogP contribution in [-0.2, 0) is 4.79 Å². The van der Waals surface area contributed by atoms with Gasteiger partial charge in [-0.3, -0.25) is 19.7 Å². The summed E-state index contributed by atoms with van der Waals surface area (Å²) in [5, 5.41) is 11.2. The summed E-state index contributed by atoms with van der Waals surface area (Å²) < 4.78 is 0. The first-order valence-corrected chi connectivity index (χ1v) is 6.88. The Labute approximate surface area is 128 Å². The van der Waals surface area contributed by atoms with Crippen LogP contribution >= 0.6 is 0 Å². The van der Waals surface area contributed by atoms with Crippen molar-refractivity contribution in [1.82, 2.24) is 4.90 Å². The second kappa shape index (κ2) is 7.39. The molecule has 0 aliphatic rings. The van der Waals surface area contributed by atoms with Gasteiger partial charge in [0.25, 0.3) is 5.69 Å². The van der Waals surface area contributed by atoms with Crippen LogP contribution in [0, 0.1) is 10.1 Å². The summed E-state index contributed by atoms with van der Waals surface area (Å²) >= 11 is 0. The highest BCUT2D eigenvalue weighted by atomic mass is 16.6. The third kappa shape index (κ3) is 3.94. The van der Waals surface area contributed by atoms with Crippen molar-refractivity contribution >= 4 is 23.2 Å². The maximum atomic E-state index is 12.1. The number of carbonyl (C=O) groups is 2. The average Bonchev–Trinajstić information content (AvgIpc) is 2.47. The molecule has 1 aromatic rings. The van der Waals surface area contributed by atoms with Gasteiger partial charge in [-0.2, -0.15) is 0 Å². The van der Waals surface area contributed by atoms with Gasteiger partial charge in [-0.25, -0.2) is 0 Å². The molecule has 0 spiro atoms. The van der Waals surface area contributed by atoms with Gasteiger partial charge >= 0.3 is 0 Å². The van der Waals surface area contributed by atoms with Gasteiger partial charge in [0.05, 0.1) is 11.5 Å². The SMILES string of the molecule is CCN(CC)C(=O)CN(C)c1ccc(C(N)=O)cc1[N+](=O)[O-]. The first-order chi connectivity index (χ1) is 10.3. The van der Waals surface area contributed by atoms with Crippen LogP contribution in [0.15, 0.2) is 18.2 Å². The fourth-order valence-electron chi connectivity index (χ4n) is 2.11. The van der Waals surface area contributed by atoms with Crippen molar-refractivity contribution in [2.75, 3.05) is 31.6 Å². The van der Waals surface area contributed by atoms with Crippen molar-refractivity contribution in [2.45, 2.75) is 13.8 Å². The number of anilines is 1. The number of hydrogen-bond acceptors (Lipinski definition) is 5. The highest BCUT2D eigenvalue weighted by molar-refractivity contribution is 5.94. The molecule has 0 fully saturated rings. The number of nitro benzene ring substituents is 1. The van der Waals surface area contributed by atoms with Gasteiger partial charge in [0.1, 0.15) is 5.69 Å². The lowest BCUT2D eigenvalue weighted by molar-refractivity contribution is -0.384. The number of amides is 2. The Kier molecular flexibility index (Phi) is 5.85. The molecular formula is C14H20N4O4. The predicted octanol–water partition coefficient (Wildman–Crippen LogP) is 0.998. The molecule has 0 atom stereocenters. The minimum absolute atomic E-state index is 0.0123. The molecule has 1 rings (SSSR count). The van der Waals surface area contributed by atoms with Crippen molar-refractivity contribution in [3.05, 3.63) is 33.9 Å². The standard InChI is InChI=1S/C14H20N4O4/c1-4-17(5-2)13(19)9-16(3)11-7-6-10(14(15)20)8-12(11)18(21)22/h6-8H,4-5,9H2,1-3H3,(H2,15,20). The normalized spacial score (nSPS) is 10.1. The lowest BCUT2D eigenvalue weighted by atomic mass is 10.1. The molecule has 0 radical (unpaired) electrons. The van der Waals surface area contributed by atoms with E-state index in [1.54, 1.807) is 11.9 Å². The molecule has 8 heteroatoms. The van der Waals surface area contributed by atoms with Crippen molar-refractivity contribution in [1.29, 1.82) is 0 Å². The zero-order valence-corrected chi connectivity index (χ0v) is 12.9. The molecule has 2 amide bonds. The minimum Gasteiger partial charge on any atom is -0.366 e. The van der Waals surface area contributed by atoms with Crippen LogP contribution in [-0.4, -0.2) is 48.3 Å². The van der Waals surface area contributed by atoms with Gasteiger partial charge in [0.15, 0.2) is 0 Å². The van der Waals surface area contributed by atoms with Gasteiger partial charge in [-0.15, -0.1) is 0 Å². The van der Waals surface area contributed by atoms with E-state index < -0.39 is 10.8 Å². The summed E-state index contributed by atoms with van der Waals surface area (Å²) in [5.41, 5.74) is 5.19. The first-order valence-electron chi connectivity index (χ1n) is 6.88. The second-order valence-corrected chi connectivity index (χ2v) is 4.75. The number of primary amides is 1. The van der Waals surface area contributed by atoms with E-state index in [1.807, 2.05) is 13.8 Å². The molecule has 22 heavy (non-hydrogen) atoms. The summed E-state index contributed by atoms with van der Waals surface area (Å²) in [4.78, 5) is 36.9.